The van der Waals surface area contributed by atoms with Crippen LogP contribution in [0.2, 0.25) is 0 Å². The van der Waals surface area contributed by atoms with Gasteiger partial charge in [-0.15, -0.1) is 0 Å². The first kappa shape index (κ1) is 55.9. The summed E-state index contributed by atoms with van der Waals surface area (Å²) >= 11 is 0. The summed E-state index contributed by atoms with van der Waals surface area (Å²) < 4.78 is 16.7. The molecule has 338 valence electrons. The number of hydrogen-bond donors (Lipinski definition) is 0. The molecule has 0 saturated carbocycles. The molecule has 0 bridgehead atoms. The van der Waals surface area contributed by atoms with Crippen molar-refractivity contribution in [2.75, 3.05) is 13.2 Å². The number of unbranched alkanes of at least 4 members (excludes halogenated alkanes) is 24. The quantitative estimate of drug-likeness (QED) is 0.0200. The van der Waals surface area contributed by atoms with E-state index in [1.165, 1.54) is 116 Å². The van der Waals surface area contributed by atoms with Crippen LogP contribution in [0.25, 0.3) is 0 Å². The van der Waals surface area contributed by atoms with E-state index in [9.17, 15) is 14.4 Å². The molecule has 1 unspecified atom stereocenters. The van der Waals surface area contributed by atoms with E-state index in [0.717, 1.165) is 64.2 Å². The summed E-state index contributed by atoms with van der Waals surface area (Å²) in [6, 6.07) is 0. The van der Waals surface area contributed by atoms with Crippen LogP contribution in [0.4, 0.5) is 0 Å². The van der Waals surface area contributed by atoms with Crippen molar-refractivity contribution in [3.05, 3.63) is 72.9 Å². The second kappa shape index (κ2) is 47.5. The minimum absolute atomic E-state index is 0.107. The van der Waals surface area contributed by atoms with Gasteiger partial charge in [0, 0.05) is 19.3 Å². The molecule has 0 N–H and O–H groups in total. The fourth-order valence-electron chi connectivity index (χ4n) is 6.64. The van der Waals surface area contributed by atoms with E-state index in [1.54, 1.807) is 0 Å². The number of rotatable bonds is 43. The molecule has 0 fully saturated rings. The maximum absolute atomic E-state index is 12.7. The molecule has 0 amide bonds. The maximum Gasteiger partial charge on any atom is 0.306 e. The number of carbonyl (C=O) groups is 3. The fourth-order valence-corrected chi connectivity index (χ4v) is 6.64. The third-order valence-corrected chi connectivity index (χ3v) is 10.3. The second-order valence-corrected chi connectivity index (χ2v) is 16.1. The van der Waals surface area contributed by atoms with Gasteiger partial charge in [-0.05, 0) is 57.8 Å². The van der Waals surface area contributed by atoms with Gasteiger partial charge in [0.1, 0.15) is 13.2 Å². The number of ether oxygens (including phenoxy) is 3. The molecule has 0 aromatic rings. The van der Waals surface area contributed by atoms with Crippen LogP contribution in [-0.2, 0) is 28.6 Å². The molecule has 1 atom stereocenters. The topological polar surface area (TPSA) is 78.9 Å². The van der Waals surface area contributed by atoms with Gasteiger partial charge in [-0.2, -0.15) is 0 Å². The average molecular weight is 823 g/mol. The van der Waals surface area contributed by atoms with Crippen LogP contribution in [0.3, 0.4) is 0 Å². The smallest absolute Gasteiger partial charge is 0.306 e. The van der Waals surface area contributed by atoms with Crippen LogP contribution in [0, 0.1) is 0 Å². The molecule has 0 radical (unpaired) electrons. The van der Waals surface area contributed by atoms with Gasteiger partial charge in [0.05, 0.1) is 0 Å². The normalized spacial score (nSPS) is 12.7. The van der Waals surface area contributed by atoms with Crippen LogP contribution in [0.1, 0.15) is 226 Å². The Labute approximate surface area is 363 Å². The van der Waals surface area contributed by atoms with Gasteiger partial charge >= 0.3 is 17.9 Å². The Balaban J connectivity index is 4.48. The highest BCUT2D eigenvalue weighted by Gasteiger charge is 2.19. The molecule has 0 spiro atoms. The van der Waals surface area contributed by atoms with Gasteiger partial charge in [0.2, 0.25) is 0 Å². The zero-order valence-electron chi connectivity index (χ0n) is 38.5. The molecule has 0 aliphatic heterocycles. The Kier molecular flexibility index (Phi) is 45.0. The first-order chi connectivity index (χ1) is 29.0. The van der Waals surface area contributed by atoms with Gasteiger partial charge in [-0.1, -0.05) is 222 Å². The number of esters is 3. The Morgan fingerprint density at radius 3 is 1.14 bits per heavy atom. The lowest BCUT2D eigenvalue weighted by atomic mass is 10.0. The molecular formula is C53H90O6. The molecule has 0 aromatic carbocycles. The lowest BCUT2D eigenvalue weighted by Crippen LogP contribution is -2.30. The standard InChI is InChI=1S/C53H90O6/c1-4-7-10-13-16-19-22-25-26-29-31-34-37-40-43-46-52(55)58-49-50(59-53(56)47-44-41-38-35-32-28-24-21-18-15-12-9-6-3)48-57-51(54)45-42-39-36-33-30-27-23-20-17-14-11-8-5-2/h9,12,15,18,21,24,27-28,30,32,35,38,50H,4-8,10-11,13-14,16-17,19-20,22-23,25-26,29,31,33-34,36-37,39-49H2,1-3H3/b12-9-,18-15-,24-21-,30-27-,32-28-,38-35-. The van der Waals surface area contributed by atoms with Gasteiger partial charge in [-0.3, -0.25) is 14.4 Å². The van der Waals surface area contributed by atoms with Gasteiger partial charge in [0.15, 0.2) is 6.10 Å². The Morgan fingerprint density at radius 1 is 0.356 bits per heavy atom. The summed E-state index contributed by atoms with van der Waals surface area (Å²) in [5.41, 5.74) is 0. The van der Waals surface area contributed by atoms with E-state index >= 15 is 0 Å². The summed E-state index contributed by atoms with van der Waals surface area (Å²) in [6.45, 7) is 6.41. The molecule has 0 saturated heterocycles. The van der Waals surface area contributed by atoms with E-state index < -0.39 is 6.10 Å². The maximum atomic E-state index is 12.7. The zero-order chi connectivity index (χ0) is 43.0. The van der Waals surface area contributed by atoms with E-state index in [4.69, 9.17) is 14.2 Å². The van der Waals surface area contributed by atoms with E-state index in [0.29, 0.717) is 19.3 Å². The largest absolute Gasteiger partial charge is 0.462 e. The van der Waals surface area contributed by atoms with Gasteiger partial charge in [-0.25, -0.2) is 0 Å². The lowest BCUT2D eigenvalue weighted by Gasteiger charge is -2.18. The highest BCUT2D eigenvalue weighted by atomic mass is 16.6. The van der Waals surface area contributed by atoms with Gasteiger partial charge < -0.3 is 14.2 Å². The van der Waals surface area contributed by atoms with Crippen molar-refractivity contribution >= 4 is 17.9 Å². The number of allylic oxidation sites excluding steroid dienone is 12. The third-order valence-electron chi connectivity index (χ3n) is 10.3. The SMILES string of the molecule is CC\C=C/C=C\C=C/C=C\C=C/CCCC(=O)OC(COC(=O)CCCCC/C=C\CCCCCCCC)COC(=O)CCCCCCCCCCCCCCCCC. The molecule has 0 aliphatic carbocycles. The number of hydrogen-bond acceptors (Lipinski definition) is 6. The van der Waals surface area contributed by atoms with Gasteiger partial charge in [0.25, 0.3) is 0 Å². The highest BCUT2D eigenvalue weighted by molar-refractivity contribution is 5.71. The van der Waals surface area contributed by atoms with Crippen molar-refractivity contribution in [2.45, 2.75) is 232 Å². The minimum atomic E-state index is -0.815. The van der Waals surface area contributed by atoms with Crippen molar-refractivity contribution in [2.24, 2.45) is 0 Å². The summed E-state index contributed by atoms with van der Waals surface area (Å²) in [5, 5.41) is 0. The molecule has 6 heteroatoms. The van der Waals surface area contributed by atoms with Crippen LogP contribution < -0.4 is 0 Å². The first-order valence-electron chi connectivity index (χ1n) is 24.5. The van der Waals surface area contributed by atoms with Crippen LogP contribution in [0.5, 0.6) is 0 Å². The van der Waals surface area contributed by atoms with Crippen LogP contribution in [-0.4, -0.2) is 37.2 Å². The fraction of sp³-hybridized carbons (Fsp3) is 0.717. The molecule has 0 heterocycles. The summed E-state index contributed by atoms with van der Waals surface area (Å²) in [6.07, 6.45) is 58.9. The van der Waals surface area contributed by atoms with E-state index in [2.05, 4.69) is 39.0 Å². The Bertz CT molecular complexity index is 1130. The van der Waals surface area contributed by atoms with Crippen LogP contribution in [0.15, 0.2) is 72.9 Å². The Morgan fingerprint density at radius 2 is 0.695 bits per heavy atom. The van der Waals surface area contributed by atoms with E-state index in [-0.39, 0.29) is 37.5 Å². The molecular weight excluding hydrogens is 733 g/mol. The van der Waals surface area contributed by atoms with Crippen molar-refractivity contribution < 1.29 is 28.6 Å². The van der Waals surface area contributed by atoms with Crippen LogP contribution >= 0.6 is 0 Å². The summed E-state index contributed by atoms with van der Waals surface area (Å²) in [4.78, 5) is 37.8. The molecule has 59 heavy (non-hydrogen) atoms. The average Bonchev–Trinajstić information content (AvgIpc) is 3.23. The van der Waals surface area contributed by atoms with E-state index in [1.807, 2.05) is 54.7 Å². The zero-order valence-corrected chi connectivity index (χ0v) is 38.5. The molecule has 0 aromatic heterocycles. The van der Waals surface area contributed by atoms with Crippen molar-refractivity contribution in [1.82, 2.24) is 0 Å². The minimum Gasteiger partial charge on any atom is -0.462 e. The third kappa shape index (κ3) is 45.8. The van der Waals surface area contributed by atoms with Crippen molar-refractivity contribution in [1.29, 1.82) is 0 Å². The predicted molar refractivity (Wildman–Crippen MR) is 251 cm³/mol. The first-order valence-corrected chi connectivity index (χ1v) is 24.5. The molecule has 0 rings (SSSR count). The summed E-state index contributed by atoms with van der Waals surface area (Å²) in [5.74, 6) is -0.999. The van der Waals surface area contributed by atoms with Crippen molar-refractivity contribution in [3.63, 3.8) is 0 Å². The summed E-state index contributed by atoms with van der Waals surface area (Å²) in [7, 11) is 0. The molecule has 0 aliphatic rings. The predicted octanol–water partition coefficient (Wildman–Crippen LogP) is 15.9. The van der Waals surface area contributed by atoms with Crippen molar-refractivity contribution in [3.8, 4) is 0 Å². The molecule has 6 nitrogen and oxygen atoms in total. The Hall–Kier alpha value is -3.15. The lowest BCUT2D eigenvalue weighted by molar-refractivity contribution is -0.167. The highest BCUT2D eigenvalue weighted by Crippen LogP contribution is 2.15. The monoisotopic (exact) mass is 823 g/mol. The second-order valence-electron chi connectivity index (χ2n) is 16.1. The number of carbonyl (C=O) groups excluding carboxylic acids is 3.